The van der Waals surface area contributed by atoms with Crippen molar-refractivity contribution in [2.24, 2.45) is 0 Å². The van der Waals surface area contributed by atoms with Gasteiger partial charge in [-0.25, -0.2) is 4.79 Å². The van der Waals surface area contributed by atoms with E-state index in [2.05, 4.69) is 23.8 Å². The van der Waals surface area contributed by atoms with Gasteiger partial charge in [0.2, 0.25) is 0 Å². The van der Waals surface area contributed by atoms with Crippen LogP contribution in [-0.4, -0.2) is 31.5 Å². The minimum atomic E-state index is -0.516. The molecule has 0 heterocycles. The molecule has 0 aliphatic carbocycles. The van der Waals surface area contributed by atoms with Gasteiger partial charge in [-0.2, -0.15) is 0 Å². The summed E-state index contributed by atoms with van der Waals surface area (Å²) in [6.45, 7) is 22.8. The highest BCUT2D eigenvalue weighted by Gasteiger charge is 2.15. The molecule has 0 saturated carbocycles. The van der Waals surface area contributed by atoms with E-state index in [1.165, 1.54) is 0 Å². The quantitative estimate of drug-likeness (QED) is 0.722. The molecule has 0 fully saturated rings. The summed E-state index contributed by atoms with van der Waals surface area (Å²) in [5.41, 5.74) is 0.709. The monoisotopic (exact) mass is 342 g/mol. The third kappa shape index (κ3) is 25.2. The molecule has 0 unspecified atom stereocenters. The standard InChI is InChI=1S/C12H20N2O2.C5H12O.C2H6/c1-9(13-6)7-8-10(2)14-11(15)16-12(3,4)5;1-5(2,3)6-4;1-2/h7-8,13H,1-2H2,3-6H3,(H,14,15);1-4H3;1-2H3/b8-7-;;. The van der Waals surface area contributed by atoms with Crippen molar-refractivity contribution in [1.29, 1.82) is 0 Å². The fraction of sp³-hybridized carbons (Fsp3) is 0.632. The molecule has 142 valence electrons. The Morgan fingerprint density at radius 1 is 0.917 bits per heavy atom. The number of methoxy groups -OCH3 is 1. The molecule has 0 atom stereocenters. The number of amides is 1. The van der Waals surface area contributed by atoms with Gasteiger partial charge >= 0.3 is 6.09 Å². The number of hydrogen-bond acceptors (Lipinski definition) is 4. The highest BCUT2D eigenvalue weighted by atomic mass is 16.6. The topological polar surface area (TPSA) is 59.6 Å². The number of ether oxygens (including phenoxy) is 2. The maximum atomic E-state index is 11.3. The minimum Gasteiger partial charge on any atom is -0.444 e. The second-order valence-electron chi connectivity index (χ2n) is 6.58. The van der Waals surface area contributed by atoms with Gasteiger partial charge < -0.3 is 14.8 Å². The van der Waals surface area contributed by atoms with Gasteiger partial charge in [0.05, 0.1) is 5.60 Å². The first-order valence-corrected chi connectivity index (χ1v) is 8.09. The summed E-state index contributed by atoms with van der Waals surface area (Å²) in [6, 6.07) is 0. The fourth-order valence-electron chi connectivity index (χ4n) is 0.761. The van der Waals surface area contributed by atoms with Gasteiger partial charge in [0.25, 0.3) is 0 Å². The summed E-state index contributed by atoms with van der Waals surface area (Å²) in [7, 11) is 3.47. The van der Waals surface area contributed by atoms with Crippen molar-refractivity contribution in [1.82, 2.24) is 10.6 Å². The number of likely N-dealkylation sites (N-methyl/N-ethyl adjacent to an activating group) is 1. The van der Waals surface area contributed by atoms with E-state index in [-0.39, 0.29) is 5.60 Å². The van der Waals surface area contributed by atoms with Gasteiger partial charge in [-0.05, 0) is 53.7 Å². The van der Waals surface area contributed by atoms with Crippen LogP contribution in [0.25, 0.3) is 0 Å². The summed E-state index contributed by atoms with van der Waals surface area (Å²) >= 11 is 0. The van der Waals surface area contributed by atoms with E-state index in [1.54, 1.807) is 47.1 Å². The van der Waals surface area contributed by atoms with Crippen LogP contribution >= 0.6 is 0 Å². The van der Waals surface area contributed by atoms with Crippen molar-refractivity contribution in [2.45, 2.75) is 66.6 Å². The Hall–Kier alpha value is -1.75. The van der Waals surface area contributed by atoms with Crippen LogP contribution in [0.3, 0.4) is 0 Å². The van der Waals surface area contributed by atoms with Crippen LogP contribution in [0.2, 0.25) is 0 Å². The van der Waals surface area contributed by atoms with Crippen molar-refractivity contribution < 1.29 is 14.3 Å². The first-order valence-electron chi connectivity index (χ1n) is 8.09. The number of allylic oxidation sites excluding steroid dienone is 2. The lowest BCUT2D eigenvalue weighted by Gasteiger charge is -2.19. The summed E-state index contributed by atoms with van der Waals surface area (Å²) in [4.78, 5) is 11.3. The zero-order chi connectivity index (χ0) is 20.0. The number of alkyl carbamates (subject to hydrolysis) is 1. The number of nitrogens with one attached hydrogen (secondary N) is 2. The molecule has 0 aliphatic rings. The summed E-state index contributed by atoms with van der Waals surface area (Å²) < 4.78 is 10.00. The second-order valence-corrected chi connectivity index (χ2v) is 6.58. The molecule has 0 aromatic heterocycles. The average molecular weight is 343 g/mol. The predicted octanol–water partition coefficient (Wildman–Crippen LogP) is 4.77. The van der Waals surface area contributed by atoms with E-state index >= 15 is 0 Å². The lowest BCUT2D eigenvalue weighted by Crippen LogP contribution is -2.31. The van der Waals surface area contributed by atoms with Crippen molar-refractivity contribution in [3.8, 4) is 0 Å². The van der Waals surface area contributed by atoms with Gasteiger partial charge in [0.15, 0.2) is 0 Å². The van der Waals surface area contributed by atoms with E-state index < -0.39 is 11.7 Å². The van der Waals surface area contributed by atoms with Gasteiger partial charge in [-0.3, -0.25) is 5.32 Å². The van der Waals surface area contributed by atoms with Crippen molar-refractivity contribution >= 4 is 6.09 Å². The normalized spacial score (nSPS) is 10.6. The minimum absolute atomic E-state index is 0.0417. The van der Waals surface area contributed by atoms with Crippen LogP contribution in [0.1, 0.15) is 55.4 Å². The van der Waals surface area contributed by atoms with Crippen LogP contribution in [-0.2, 0) is 9.47 Å². The summed E-state index contributed by atoms with van der Waals surface area (Å²) in [6.07, 6.45) is 2.83. The smallest absolute Gasteiger partial charge is 0.412 e. The average Bonchev–Trinajstić information content (AvgIpc) is 2.44. The number of hydrogen-bond donors (Lipinski definition) is 2. The molecule has 0 saturated heterocycles. The van der Waals surface area contributed by atoms with Crippen LogP contribution in [0.5, 0.6) is 0 Å². The molecule has 0 aromatic rings. The van der Waals surface area contributed by atoms with E-state index in [4.69, 9.17) is 9.47 Å². The molecular weight excluding hydrogens is 304 g/mol. The lowest BCUT2D eigenvalue weighted by atomic mass is 10.2. The Balaban J connectivity index is -0.000000462. The number of carbonyl (C=O) groups excluding carboxylic acids is 1. The zero-order valence-corrected chi connectivity index (χ0v) is 17.3. The molecule has 0 aliphatic heterocycles. The maximum absolute atomic E-state index is 11.3. The summed E-state index contributed by atoms with van der Waals surface area (Å²) in [5.74, 6) is 0. The maximum Gasteiger partial charge on any atom is 0.412 e. The largest absolute Gasteiger partial charge is 0.444 e. The van der Waals surface area contributed by atoms with Gasteiger partial charge in [0, 0.05) is 25.6 Å². The Morgan fingerprint density at radius 2 is 1.29 bits per heavy atom. The Morgan fingerprint density at radius 3 is 1.58 bits per heavy atom. The predicted molar refractivity (Wildman–Crippen MR) is 104 cm³/mol. The van der Waals surface area contributed by atoms with Crippen molar-refractivity contribution in [2.75, 3.05) is 14.2 Å². The molecule has 0 bridgehead atoms. The fourth-order valence-corrected chi connectivity index (χ4v) is 0.761. The molecule has 1 amide bonds. The summed E-state index contributed by atoms with van der Waals surface area (Å²) in [5, 5.41) is 5.35. The van der Waals surface area contributed by atoms with Crippen LogP contribution in [0.4, 0.5) is 4.79 Å². The van der Waals surface area contributed by atoms with Gasteiger partial charge in [0.1, 0.15) is 5.60 Å². The Kier molecular flexibility index (Phi) is 15.4. The Bertz CT molecular complexity index is 400. The van der Waals surface area contributed by atoms with E-state index in [0.29, 0.717) is 5.70 Å². The van der Waals surface area contributed by atoms with Gasteiger partial charge in [-0.1, -0.05) is 27.0 Å². The third-order valence-corrected chi connectivity index (χ3v) is 2.08. The molecule has 5 heteroatoms. The zero-order valence-electron chi connectivity index (χ0n) is 17.3. The van der Waals surface area contributed by atoms with E-state index in [1.807, 2.05) is 34.6 Å². The highest BCUT2D eigenvalue weighted by Crippen LogP contribution is 2.07. The van der Waals surface area contributed by atoms with Crippen LogP contribution < -0.4 is 10.6 Å². The molecule has 0 radical (unpaired) electrons. The van der Waals surface area contributed by atoms with Crippen molar-refractivity contribution in [3.63, 3.8) is 0 Å². The van der Waals surface area contributed by atoms with Gasteiger partial charge in [-0.15, -0.1) is 0 Å². The molecular formula is C19H38N2O3. The molecule has 5 nitrogen and oxygen atoms in total. The second kappa shape index (κ2) is 13.7. The molecule has 2 N–H and O–H groups in total. The third-order valence-electron chi connectivity index (χ3n) is 2.08. The number of rotatable bonds is 4. The van der Waals surface area contributed by atoms with Crippen LogP contribution in [0, 0.1) is 0 Å². The highest BCUT2D eigenvalue weighted by molar-refractivity contribution is 5.70. The van der Waals surface area contributed by atoms with E-state index in [0.717, 1.165) is 5.70 Å². The van der Waals surface area contributed by atoms with Crippen molar-refractivity contribution in [3.05, 3.63) is 36.7 Å². The van der Waals surface area contributed by atoms with E-state index in [9.17, 15) is 4.79 Å². The molecule has 0 spiro atoms. The first kappa shape index (κ1) is 27.1. The first-order chi connectivity index (χ1) is 10.8. The molecule has 0 rings (SSSR count). The Labute approximate surface area is 149 Å². The molecule has 0 aromatic carbocycles. The molecule has 24 heavy (non-hydrogen) atoms. The number of carbonyl (C=O) groups is 1. The SMILES string of the molecule is C=C(/C=C\C(=C)NC(=O)OC(C)(C)C)NC.CC.COC(C)(C)C. The lowest BCUT2D eigenvalue weighted by molar-refractivity contribution is 0.0397. The van der Waals surface area contributed by atoms with Crippen LogP contribution in [0.15, 0.2) is 36.7 Å².